The number of nitrogens with one attached hydrogen (secondary N) is 1. The highest BCUT2D eigenvalue weighted by atomic mass is 35.5. The van der Waals surface area contributed by atoms with Crippen molar-refractivity contribution in [2.75, 3.05) is 9.62 Å². The van der Waals surface area contributed by atoms with Gasteiger partial charge in [-0.05, 0) is 31.2 Å². The summed E-state index contributed by atoms with van der Waals surface area (Å²) < 4.78 is 23.3. The molecule has 7 heteroatoms. The van der Waals surface area contributed by atoms with E-state index in [1.54, 1.807) is 24.3 Å². The molecule has 2 rings (SSSR count). The molecule has 0 bridgehead atoms. The Balaban J connectivity index is 2.27. The molecule has 0 spiro atoms. The molecule has 1 N–H and O–H groups in total. The molecule has 1 atom stereocenters. The van der Waals surface area contributed by atoms with E-state index in [2.05, 4.69) is 5.32 Å². The lowest BCUT2D eigenvalue weighted by Gasteiger charge is -2.25. The van der Waals surface area contributed by atoms with Gasteiger partial charge in [-0.1, -0.05) is 41.4 Å². The van der Waals surface area contributed by atoms with Crippen molar-refractivity contribution in [3.63, 3.8) is 0 Å². The van der Waals surface area contributed by atoms with Gasteiger partial charge >= 0.3 is 6.03 Å². The Kier molecular flexibility index (Phi) is 4.95. The van der Waals surface area contributed by atoms with Gasteiger partial charge < -0.3 is 9.87 Å². The molecule has 0 saturated heterocycles. The molecular formula is C14H12ClN2O3S-. The Morgan fingerprint density at radius 3 is 2.38 bits per heavy atom. The summed E-state index contributed by atoms with van der Waals surface area (Å²) in [4.78, 5) is 12.2. The maximum Gasteiger partial charge on any atom is 0.337 e. The van der Waals surface area contributed by atoms with Crippen LogP contribution in [0.15, 0.2) is 48.5 Å². The highest BCUT2D eigenvalue weighted by Gasteiger charge is 2.19. The third-order valence-electron chi connectivity index (χ3n) is 2.71. The van der Waals surface area contributed by atoms with E-state index in [1.165, 1.54) is 12.1 Å². The maximum atomic E-state index is 12.2. The summed E-state index contributed by atoms with van der Waals surface area (Å²) in [5, 5.41) is 2.68. The van der Waals surface area contributed by atoms with Crippen LogP contribution in [-0.4, -0.2) is 14.8 Å². The van der Waals surface area contributed by atoms with E-state index in [1.807, 2.05) is 19.1 Å². The topological polar surface area (TPSA) is 72.5 Å². The molecule has 110 valence electrons. The quantitative estimate of drug-likeness (QED) is 0.879. The lowest BCUT2D eigenvalue weighted by molar-refractivity contribution is 0.259. The van der Waals surface area contributed by atoms with Crippen LogP contribution in [0.1, 0.15) is 5.56 Å². The van der Waals surface area contributed by atoms with Crippen LogP contribution in [-0.2, 0) is 11.3 Å². The smallest absolute Gasteiger partial charge is 0.337 e. The van der Waals surface area contributed by atoms with Crippen LogP contribution < -0.4 is 9.62 Å². The van der Waals surface area contributed by atoms with Gasteiger partial charge in [0.2, 0.25) is 0 Å². The first kappa shape index (κ1) is 15.5. The summed E-state index contributed by atoms with van der Waals surface area (Å²) in [5.41, 5.74) is 1.62. The van der Waals surface area contributed by atoms with Gasteiger partial charge in [-0.2, -0.15) is 0 Å². The number of rotatable bonds is 3. The van der Waals surface area contributed by atoms with Crippen molar-refractivity contribution in [1.29, 1.82) is 0 Å². The summed E-state index contributed by atoms with van der Waals surface area (Å²) >= 11 is 3.15. The van der Waals surface area contributed by atoms with Gasteiger partial charge in [0, 0.05) is 5.69 Å². The van der Waals surface area contributed by atoms with Gasteiger partial charge in [-0.3, -0.25) is 4.21 Å². The fourth-order valence-corrected chi connectivity index (χ4v) is 2.46. The van der Waals surface area contributed by atoms with E-state index >= 15 is 0 Å². The zero-order valence-electron chi connectivity index (χ0n) is 11.1. The molecule has 2 aromatic carbocycles. The molecule has 0 aliphatic heterocycles. The average Bonchev–Trinajstić information content (AvgIpc) is 2.43. The SMILES string of the molecule is Cc1ccc(NC(=O)N(c2ccccc2Cl)S(=O)[O-])cc1. The second kappa shape index (κ2) is 6.71. The number of carbonyl (C=O) groups excluding carboxylic acids is 1. The van der Waals surface area contributed by atoms with Crippen molar-refractivity contribution in [2.24, 2.45) is 0 Å². The lowest BCUT2D eigenvalue weighted by atomic mass is 10.2. The number of aryl methyl sites for hydroxylation is 1. The minimum atomic E-state index is -2.79. The van der Waals surface area contributed by atoms with Crippen LogP contribution in [0, 0.1) is 6.92 Å². The van der Waals surface area contributed by atoms with Gasteiger partial charge in [0.25, 0.3) is 0 Å². The summed E-state index contributed by atoms with van der Waals surface area (Å²) in [6.07, 6.45) is 0. The minimum Gasteiger partial charge on any atom is -0.755 e. The van der Waals surface area contributed by atoms with Crippen LogP contribution in [0.4, 0.5) is 16.2 Å². The van der Waals surface area contributed by atoms with Crippen molar-refractivity contribution in [3.8, 4) is 0 Å². The largest absolute Gasteiger partial charge is 0.755 e. The number of nitrogens with zero attached hydrogens (tertiary/aromatic N) is 1. The highest BCUT2D eigenvalue weighted by Crippen LogP contribution is 2.26. The molecule has 21 heavy (non-hydrogen) atoms. The molecule has 5 nitrogen and oxygen atoms in total. The molecule has 0 aromatic heterocycles. The number of hydrogen-bond donors (Lipinski definition) is 1. The second-order valence-electron chi connectivity index (χ2n) is 4.26. The number of halogens is 1. The maximum absolute atomic E-state index is 12.2. The van der Waals surface area contributed by atoms with Gasteiger partial charge in [0.1, 0.15) is 0 Å². The Hall–Kier alpha value is -1.89. The van der Waals surface area contributed by atoms with Crippen LogP contribution in [0.3, 0.4) is 0 Å². The van der Waals surface area contributed by atoms with Crippen molar-refractivity contribution in [2.45, 2.75) is 6.92 Å². The summed E-state index contributed by atoms with van der Waals surface area (Å²) in [7, 11) is 0. The summed E-state index contributed by atoms with van der Waals surface area (Å²) in [6, 6.07) is 12.4. The zero-order valence-corrected chi connectivity index (χ0v) is 12.6. The van der Waals surface area contributed by atoms with E-state index in [0.29, 0.717) is 9.99 Å². The van der Waals surface area contributed by atoms with Gasteiger partial charge in [-0.25, -0.2) is 9.10 Å². The van der Waals surface area contributed by atoms with E-state index in [-0.39, 0.29) is 10.7 Å². The zero-order chi connectivity index (χ0) is 15.4. The van der Waals surface area contributed by atoms with Gasteiger partial charge in [0.15, 0.2) is 0 Å². The molecule has 2 aromatic rings. The monoisotopic (exact) mass is 323 g/mol. The van der Waals surface area contributed by atoms with E-state index < -0.39 is 17.3 Å². The van der Waals surface area contributed by atoms with Crippen LogP contribution in [0.2, 0.25) is 5.02 Å². The number of para-hydroxylation sites is 1. The van der Waals surface area contributed by atoms with E-state index in [9.17, 15) is 13.6 Å². The molecule has 0 fully saturated rings. The molecule has 0 aliphatic carbocycles. The van der Waals surface area contributed by atoms with E-state index in [0.717, 1.165) is 5.56 Å². The van der Waals surface area contributed by atoms with Crippen LogP contribution >= 0.6 is 11.6 Å². The fourth-order valence-electron chi connectivity index (χ4n) is 1.68. The number of hydrogen-bond acceptors (Lipinski definition) is 3. The lowest BCUT2D eigenvalue weighted by Crippen LogP contribution is -2.36. The third-order valence-corrected chi connectivity index (χ3v) is 3.69. The Morgan fingerprint density at radius 1 is 1.19 bits per heavy atom. The molecule has 1 unspecified atom stereocenters. The molecule has 2 amide bonds. The predicted octanol–water partition coefficient (Wildman–Crippen LogP) is 3.48. The van der Waals surface area contributed by atoms with Crippen molar-refractivity contribution in [1.82, 2.24) is 0 Å². The molecule has 0 aliphatic rings. The Morgan fingerprint density at radius 2 is 1.81 bits per heavy atom. The van der Waals surface area contributed by atoms with E-state index in [4.69, 9.17) is 11.6 Å². The number of amides is 2. The number of benzene rings is 2. The van der Waals surface area contributed by atoms with Gasteiger partial charge in [-0.15, -0.1) is 0 Å². The molecule has 0 heterocycles. The van der Waals surface area contributed by atoms with Crippen LogP contribution in [0.25, 0.3) is 0 Å². The normalized spacial score (nSPS) is 11.8. The average molecular weight is 324 g/mol. The minimum absolute atomic E-state index is 0.0945. The van der Waals surface area contributed by atoms with Crippen molar-refractivity contribution >= 4 is 40.3 Å². The number of urea groups is 1. The highest BCUT2D eigenvalue weighted by molar-refractivity contribution is 7.81. The second-order valence-corrected chi connectivity index (χ2v) is 5.47. The standard InChI is InChI=1S/C14H13ClN2O3S/c1-10-6-8-11(9-7-10)16-14(18)17(21(19)20)13-5-3-2-4-12(13)15/h2-9H,1H3,(H,16,18)(H,19,20)/p-1. The molecule has 0 saturated carbocycles. The molecular weight excluding hydrogens is 312 g/mol. The third kappa shape index (κ3) is 3.81. The summed E-state index contributed by atoms with van der Waals surface area (Å²) in [5.74, 6) is 0. The number of anilines is 2. The summed E-state index contributed by atoms with van der Waals surface area (Å²) in [6.45, 7) is 1.91. The number of carbonyl (C=O) groups is 1. The van der Waals surface area contributed by atoms with Gasteiger partial charge in [0.05, 0.1) is 22.0 Å². The van der Waals surface area contributed by atoms with Crippen LogP contribution in [0.5, 0.6) is 0 Å². The Bertz CT molecular complexity index is 676. The Labute approximate surface area is 130 Å². The van der Waals surface area contributed by atoms with Crippen molar-refractivity contribution in [3.05, 3.63) is 59.1 Å². The first-order valence-corrected chi connectivity index (χ1v) is 7.41. The fraction of sp³-hybridized carbons (Fsp3) is 0.0714. The first-order chi connectivity index (χ1) is 9.99. The molecule has 0 radical (unpaired) electrons. The predicted molar refractivity (Wildman–Crippen MR) is 83.0 cm³/mol. The van der Waals surface area contributed by atoms with Crippen molar-refractivity contribution < 1.29 is 13.6 Å². The first-order valence-electron chi connectivity index (χ1n) is 6.00.